The third-order valence-electron chi connectivity index (χ3n) is 5.87. The number of carbonyl (C=O) groups excluding carboxylic acids is 1. The van der Waals surface area contributed by atoms with Gasteiger partial charge in [-0.15, -0.1) is 0 Å². The summed E-state index contributed by atoms with van der Waals surface area (Å²) >= 11 is 0. The molecule has 0 saturated carbocycles. The molecule has 1 aliphatic rings. The molecule has 7 heteroatoms. The van der Waals surface area contributed by atoms with Crippen molar-refractivity contribution in [2.45, 2.75) is 19.9 Å². The quantitative estimate of drug-likeness (QED) is 0.460. The third-order valence-corrected chi connectivity index (χ3v) is 5.87. The van der Waals surface area contributed by atoms with Crippen LogP contribution in [0, 0.1) is 13.8 Å². The number of hydrogen-bond donors (Lipinski definition) is 0. The number of nitrogens with zero attached hydrogens (tertiary/aromatic N) is 2. The minimum absolute atomic E-state index is 0.0273. The summed E-state index contributed by atoms with van der Waals surface area (Å²) < 4.78 is 16.9. The number of methoxy groups -OCH3 is 2. The first-order valence-corrected chi connectivity index (χ1v) is 10.5. The molecule has 166 valence electrons. The van der Waals surface area contributed by atoms with Crippen LogP contribution in [0.15, 0.2) is 63.8 Å². The molecule has 2 aromatic heterocycles. The maximum absolute atomic E-state index is 13.7. The molecule has 0 aliphatic carbocycles. The van der Waals surface area contributed by atoms with Crippen molar-refractivity contribution in [3.63, 3.8) is 0 Å². The lowest BCUT2D eigenvalue weighted by Gasteiger charge is -2.25. The fraction of sp³-hybridized carbons (Fsp3) is 0.192. The zero-order valence-electron chi connectivity index (χ0n) is 18.7. The Bertz CT molecular complexity index is 1470. The largest absolute Gasteiger partial charge is 0.493 e. The van der Waals surface area contributed by atoms with Gasteiger partial charge in [-0.05, 0) is 55.8 Å². The molecule has 1 atom stereocenters. The molecule has 0 N–H and O–H groups in total. The maximum atomic E-state index is 13.7. The standard InChI is InChI=1S/C26H22N2O5/c1-14-8-10-18-17(12-14)24(29)22-23(16-9-11-19(31-3)20(13-16)32-4)28(26(30)25(22)33-18)21-7-5-6-15(2)27-21/h5-13,23H,1-4H3/t23-/m0/s1. The first-order chi connectivity index (χ1) is 15.9. The van der Waals surface area contributed by atoms with Gasteiger partial charge in [-0.3, -0.25) is 14.5 Å². The highest BCUT2D eigenvalue weighted by molar-refractivity contribution is 6.10. The van der Waals surface area contributed by atoms with Crippen LogP contribution in [0.5, 0.6) is 11.5 Å². The molecule has 0 bridgehead atoms. The highest BCUT2D eigenvalue weighted by atomic mass is 16.5. The van der Waals surface area contributed by atoms with Crippen LogP contribution in [0.3, 0.4) is 0 Å². The zero-order valence-corrected chi connectivity index (χ0v) is 18.7. The highest BCUT2D eigenvalue weighted by Crippen LogP contribution is 2.42. The second-order valence-corrected chi connectivity index (χ2v) is 8.00. The van der Waals surface area contributed by atoms with Gasteiger partial charge in [0.15, 0.2) is 16.9 Å². The van der Waals surface area contributed by atoms with Crippen LogP contribution in [0.2, 0.25) is 0 Å². The summed E-state index contributed by atoms with van der Waals surface area (Å²) in [6.45, 7) is 3.76. The van der Waals surface area contributed by atoms with Crippen molar-refractivity contribution >= 4 is 22.7 Å². The Morgan fingerprint density at radius 1 is 0.939 bits per heavy atom. The summed E-state index contributed by atoms with van der Waals surface area (Å²) in [5.41, 5.74) is 2.79. The summed E-state index contributed by atoms with van der Waals surface area (Å²) in [7, 11) is 3.10. The van der Waals surface area contributed by atoms with Crippen LogP contribution in [-0.4, -0.2) is 25.1 Å². The first-order valence-electron chi connectivity index (χ1n) is 10.5. The molecule has 5 rings (SSSR count). The summed E-state index contributed by atoms with van der Waals surface area (Å²) in [4.78, 5) is 33.4. The molecule has 0 saturated heterocycles. The topological polar surface area (TPSA) is 81.9 Å². The smallest absolute Gasteiger partial charge is 0.296 e. The lowest BCUT2D eigenvalue weighted by Crippen LogP contribution is -2.30. The molecule has 7 nitrogen and oxygen atoms in total. The lowest BCUT2D eigenvalue weighted by atomic mass is 9.97. The number of aryl methyl sites for hydroxylation is 2. The normalized spacial score (nSPS) is 15.1. The van der Waals surface area contributed by atoms with Crippen molar-refractivity contribution in [1.82, 2.24) is 4.98 Å². The zero-order chi connectivity index (χ0) is 23.3. The summed E-state index contributed by atoms with van der Waals surface area (Å²) in [5.74, 6) is 1.09. The summed E-state index contributed by atoms with van der Waals surface area (Å²) in [6.07, 6.45) is 0. The van der Waals surface area contributed by atoms with E-state index in [0.29, 0.717) is 33.8 Å². The predicted molar refractivity (Wildman–Crippen MR) is 124 cm³/mol. The Balaban J connectivity index is 1.82. The average molecular weight is 442 g/mol. The Morgan fingerprint density at radius 3 is 2.45 bits per heavy atom. The molecular formula is C26H22N2O5. The van der Waals surface area contributed by atoms with Gasteiger partial charge < -0.3 is 13.9 Å². The number of hydrogen-bond acceptors (Lipinski definition) is 6. The maximum Gasteiger partial charge on any atom is 0.296 e. The van der Waals surface area contributed by atoms with Crippen molar-refractivity contribution in [3.8, 4) is 11.5 Å². The van der Waals surface area contributed by atoms with Gasteiger partial charge in [-0.25, -0.2) is 4.98 Å². The average Bonchev–Trinajstić information content (AvgIpc) is 3.11. The van der Waals surface area contributed by atoms with E-state index in [2.05, 4.69) is 4.98 Å². The molecule has 3 heterocycles. The number of fused-ring (bicyclic) bond motifs is 2. The van der Waals surface area contributed by atoms with E-state index < -0.39 is 11.9 Å². The van der Waals surface area contributed by atoms with E-state index in [1.165, 1.54) is 4.90 Å². The fourth-order valence-electron chi connectivity index (χ4n) is 4.32. The molecule has 0 radical (unpaired) electrons. The molecule has 33 heavy (non-hydrogen) atoms. The number of ether oxygens (including phenoxy) is 2. The monoisotopic (exact) mass is 442 g/mol. The van der Waals surface area contributed by atoms with Gasteiger partial charge in [0.2, 0.25) is 5.76 Å². The third kappa shape index (κ3) is 3.24. The van der Waals surface area contributed by atoms with Crippen molar-refractivity contribution in [3.05, 3.63) is 93.0 Å². The number of carbonyl (C=O) groups is 1. The van der Waals surface area contributed by atoms with Gasteiger partial charge >= 0.3 is 0 Å². The van der Waals surface area contributed by atoms with E-state index in [9.17, 15) is 9.59 Å². The van der Waals surface area contributed by atoms with E-state index >= 15 is 0 Å². The Kier molecular flexibility index (Phi) is 4.89. The number of anilines is 1. The molecule has 0 fully saturated rings. The van der Waals surface area contributed by atoms with E-state index in [1.807, 2.05) is 38.1 Å². The van der Waals surface area contributed by atoms with E-state index in [4.69, 9.17) is 13.9 Å². The van der Waals surface area contributed by atoms with Crippen molar-refractivity contribution in [2.75, 3.05) is 19.1 Å². The van der Waals surface area contributed by atoms with E-state index in [1.54, 1.807) is 44.6 Å². The Labute approximate surface area is 190 Å². The first kappa shape index (κ1) is 20.8. The SMILES string of the molecule is COc1ccc([C@H]2c3c(oc4ccc(C)cc4c3=O)C(=O)N2c2cccc(C)n2)cc1OC. The number of benzene rings is 2. The molecule has 1 amide bonds. The van der Waals surface area contributed by atoms with Crippen LogP contribution in [-0.2, 0) is 0 Å². The highest BCUT2D eigenvalue weighted by Gasteiger charge is 2.44. The predicted octanol–water partition coefficient (Wildman–Crippen LogP) is 4.57. The number of aromatic nitrogens is 1. The molecule has 0 unspecified atom stereocenters. The molecule has 2 aromatic carbocycles. The van der Waals surface area contributed by atoms with Crippen LogP contribution in [0.25, 0.3) is 11.0 Å². The molecular weight excluding hydrogens is 420 g/mol. The van der Waals surface area contributed by atoms with Gasteiger partial charge in [0.1, 0.15) is 11.4 Å². The lowest BCUT2D eigenvalue weighted by molar-refractivity contribution is 0.0970. The Morgan fingerprint density at radius 2 is 1.73 bits per heavy atom. The van der Waals surface area contributed by atoms with E-state index in [0.717, 1.165) is 11.3 Å². The van der Waals surface area contributed by atoms with Crippen LogP contribution in [0.1, 0.15) is 39.0 Å². The number of pyridine rings is 1. The minimum atomic E-state index is -0.734. The second-order valence-electron chi connectivity index (χ2n) is 8.00. The van der Waals surface area contributed by atoms with Crippen molar-refractivity contribution < 1.29 is 18.7 Å². The van der Waals surface area contributed by atoms with Crippen LogP contribution in [0.4, 0.5) is 5.82 Å². The van der Waals surface area contributed by atoms with Crippen molar-refractivity contribution in [1.29, 1.82) is 0 Å². The summed E-state index contributed by atoms with van der Waals surface area (Å²) in [5, 5.41) is 0.436. The van der Waals surface area contributed by atoms with Gasteiger partial charge in [0, 0.05) is 5.69 Å². The Hall–Kier alpha value is -4.13. The second kappa shape index (κ2) is 7.78. The van der Waals surface area contributed by atoms with Gasteiger partial charge in [0.25, 0.3) is 5.91 Å². The van der Waals surface area contributed by atoms with Crippen LogP contribution >= 0.6 is 0 Å². The number of rotatable bonds is 4. The van der Waals surface area contributed by atoms with E-state index in [-0.39, 0.29) is 16.8 Å². The van der Waals surface area contributed by atoms with Gasteiger partial charge in [-0.2, -0.15) is 0 Å². The van der Waals surface area contributed by atoms with Gasteiger partial charge in [0.05, 0.1) is 31.2 Å². The molecule has 4 aromatic rings. The number of amides is 1. The van der Waals surface area contributed by atoms with Crippen LogP contribution < -0.4 is 19.8 Å². The van der Waals surface area contributed by atoms with Crippen molar-refractivity contribution in [2.24, 2.45) is 0 Å². The minimum Gasteiger partial charge on any atom is -0.493 e. The molecule has 0 spiro atoms. The fourth-order valence-corrected chi connectivity index (χ4v) is 4.32. The summed E-state index contributed by atoms with van der Waals surface area (Å²) in [6, 6.07) is 15.4. The van der Waals surface area contributed by atoms with Gasteiger partial charge in [-0.1, -0.05) is 23.8 Å². The molecule has 1 aliphatic heterocycles.